The van der Waals surface area contributed by atoms with Crippen molar-refractivity contribution in [2.75, 3.05) is 12.4 Å². The largest absolute Gasteiger partial charge is 0.497 e. The minimum Gasteiger partial charge on any atom is -0.497 e. The summed E-state index contributed by atoms with van der Waals surface area (Å²) in [7, 11) is 1.60. The molecule has 23 heavy (non-hydrogen) atoms. The molecule has 2 heterocycles. The van der Waals surface area contributed by atoms with Crippen LogP contribution in [0.25, 0.3) is 5.65 Å². The summed E-state index contributed by atoms with van der Waals surface area (Å²) in [6, 6.07) is 10.7. The number of benzene rings is 1. The van der Waals surface area contributed by atoms with Crippen LogP contribution in [-0.2, 0) is 6.42 Å². The normalized spacial score (nSPS) is 10.7. The summed E-state index contributed by atoms with van der Waals surface area (Å²) in [6.45, 7) is 1.97. The van der Waals surface area contributed by atoms with Crippen molar-refractivity contribution in [2.45, 2.75) is 13.3 Å². The highest BCUT2D eigenvalue weighted by Crippen LogP contribution is 2.20. The molecule has 0 saturated carbocycles. The number of hydrogen-bond donors (Lipinski definition) is 1. The summed E-state index contributed by atoms with van der Waals surface area (Å²) in [4.78, 5) is 17.2. The Labute approximate surface area is 138 Å². The number of rotatable bonds is 4. The summed E-state index contributed by atoms with van der Waals surface area (Å²) >= 11 is 6.05. The van der Waals surface area contributed by atoms with Crippen LogP contribution in [-0.4, -0.2) is 22.4 Å². The molecule has 0 bridgehead atoms. The lowest BCUT2D eigenvalue weighted by Gasteiger charge is -2.07. The standard InChI is InChI=1S/C17H16ClN3O2/c1-3-14-16(21-10-11(18)4-9-15(21)20-14)17(22)19-12-5-7-13(23-2)8-6-12/h4-10H,3H2,1-2H3,(H,19,22). The number of ether oxygens (including phenoxy) is 1. The van der Waals surface area contributed by atoms with Crippen molar-refractivity contribution in [3.8, 4) is 5.75 Å². The van der Waals surface area contributed by atoms with Crippen LogP contribution in [0.1, 0.15) is 23.1 Å². The number of carbonyl (C=O) groups is 1. The van der Waals surface area contributed by atoms with E-state index in [1.54, 1.807) is 54.1 Å². The molecule has 2 aromatic heterocycles. The number of methoxy groups -OCH3 is 1. The highest BCUT2D eigenvalue weighted by Gasteiger charge is 2.18. The number of halogens is 1. The Morgan fingerprint density at radius 2 is 2.00 bits per heavy atom. The third-order valence-corrected chi connectivity index (χ3v) is 3.78. The van der Waals surface area contributed by atoms with E-state index >= 15 is 0 Å². The lowest BCUT2D eigenvalue weighted by Crippen LogP contribution is -2.16. The third kappa shape index (κ3) is 3.00. The van der Waals surface area contributed by atoms with Crippen molar-refractivity contribution in [2.24, 2.45) is 0 Å². The van der Waals surface area contributed by atoms with Gasteiger partial charge in [0.1, 0.15) is 17.1 Å². The number of imidazole rings is 1. The molecule has 0 aliphatic rings. The van der Waals surface area contributed by atoms with E-state index in [4.69, 9.17) is 16.3 Å². The van der Waals surface area contributed by atoms with Crippen molar-refractivity contribution in [3.63, 3.8) is 0 Å². The van der Waals surface area contributed by atoms with Gasteiger partial charge in [-0.3, -0.25) is 9.20 Å². The van der Waals surface area contributed by atoms with Crippen LogP contribution in [0, 0.1) is 0 Å². The quantitative estimate of drug-likeness (QED) is 0.791. The molecule has 5 nitrogen and oxygen atoms in total. The van der Waals surface area contributed by atoms with Crippen molar-refractivity contribution < 1.29 is 9.53 Å². The number of amides is 1. The second kappa shape index (κ2) is 6.30. The van der Waals surface area contributed by atoms with Gasteiger partial charge in [-0.15, -0.1) is 0 Å². The Hall–Kier alpha value is -2.53. The van der Waals surface area contributed by atoms with Crippen LogP contribution in [0.4, 0.5) is 5.69 Å². The van der Waals surface area contributed by atoms with E-state index in [-0.39, 0.29) is 5.91 Å². The maximum atomic E-state index is 12.7. The zero-order chi connectivity index (χ0) is 16.4. The number of hydrogen-bond acceptors (Lipinski definition) is 3. The molecule has 0 unspecified atom stereocenters. The molecule has 3 rings (SSSR count). The first-order valence-corrected chi connectivity index (χ1v) is 7.62. The fraction of sp³-hybridized carbons (Fsp3) is 0.176. The SMILES string of the molecule is CCc1nc2ccc(Cl)cn2c1C(=O)Nc1ccc(OC)cc1. The molecule has 0 radical (unpaired) electrons. The van der Waals surface area contributed by atoms with Crippen LogP contribution < -0.4 is 10.1 Å². The number of aryl methyl sites for hydroxylation is 1. The van der Waals surface area contributed by atoms with E-state index in [0.717, 1.165) is 11.4 Å². The van der Waals surface area contributed by atoms with Crippen molar-refractivity contribution in [1.82, 2.24) is 9.38 Å². The molecule has 1 N–H and O–H groups in total. The molecule has 0 spiro atoms. The second-order valence-corrected chi connectivity index (χ2v) is 5.46. The molecule has 1 amide bonds. The van der Waals surface area contributed by atoms with Gasteiger partial charge in [0, 0.05) is 11.9 Å². The first-order chi connectivity index (χ1) is 11.1. The highest BCUT2D eigenvalue weighted by molar-refractivity contribution is 6.30. The Morgan fingerprint density at radius 3 is 2.65 bits per heavy atom. The zero-order valence-electron chi connectivity index (χ0n) is 12.8. The minimum atomic E-state index is -0.221. The van der Waals surface area contributed by atoms with Gasteiger partial charge in [-0.05, 0) is 42.8 Å². The van der Waals surface area contributed by atoms with Crippen LogP contribution in [0.3, 0.4) is 0 Å². The summed E-state index contributed by atoms with van der Waals surface area (Å²) in [5.74, 6) is 0.514. The summed E-state index contributed by atoms with van der Waals surface area (Å²) in [5, 5.41) is 3.44. The molecule has 0 aliphatic carbocycles. The van der Waals surface area contributed by atoms with Gasteiger partial charge in [0.25, 0.3) is 5.91 Å². The predicted octanol–water partition coefficient (Wildman–Crippen LogP) is 3.81. The predicted molar refractivity (Wildman–Crippen MR) is 90.5 cm³/mol. The first kappa shape index (κ1) is 15.4. The molecule has 0 aliphatic heterocycles. The first-order valence-electron chi connectivity index (χ1n) is 7.24. The number of pyridine rings is 1. The van der Waals surface area contributed by atoms with Crippen molar-refractivity contribution in [1.29, 1.82) is 0 Å². The lowest BCUT2D eigenvalue weighted by molar-refractivity contribution is 0.102. The molecule has 0 saturated heterocycles. The maximum Gasteiger partial charge on any atom is 0.274 e. The maximum absolute atomic E-state index is 12.7. The van der Waals surface area contributed by atoms with Crippen LogP contribution in [0.15, 0.2) is 42.6 Å². The Bertz CT molecular complexity index is 856. The van der Waals surface area contributed by atoms with Gasteiger partial charge in [0.15, 0.2) is 0 Å². The average molecular weight is 330 g/mol. The molecule has 1 aromatic carbocycles. The number of nitrogens with one attached hydrogen (secondary N) is 1. The van der Waals surface area contributed by atoms with E-state index in [1.165, 1.54) is 0 Å². The molecule has 6 heteroatoms. The molecular weight excluding hydrogens is 314 g/mol. The molecule has 3 aromatic rings. The van der Waals surface area contributed by atoms with Gasteiger partial charge in [-0.25, -0.2) is 4.98 Å². The fourth-order valence-electron chi connectivity index (χ4n) is 2.42. The van der Waals surface area contributed by atoms with E-state index in [2.05, 4.69) is 10.3 Å². The Balaban J connectivity index is 1.97. The fourth-order valence-corrected chi connectivity index (χ4v) is 2.58. The van der Waals surface area contributed by atoms with Crippen molar-refractivity contribution >= 4 is 28.8 Å². The van der Waals surface area contributed by atoms with Gasteiger partial charge in [0.05, 0.1) is 17.8 Å². The average Bonchev–Trinajstić information content (AvgIpc) is 2.93. The van der Waals surface area contributed by atoms with E-state index < -0.39 is 0 Å². The van der Waals surface area contributed by atoms with Crippen LogP contribution in [0.5, 0.6) is 5.75 Å². The lowest BCUT2D eigenvalue weighted by atomic mass is 10.2. The summed E-state index contributed by atoms with van der Waals surface area (Å²) in [6.07, 6.45) is 2.36. The smallest absolute Gasteiger partial charge is 0.274 e. The van der Waals surface area contributed by atoms with E-state index in [0.29, 0.717) is 28.5 Å². The van der Waals surface area contributed by atoms with E-state index in [1.807, 2.05) is 6.92 Å². The van der Waals surface area contributed by atoms with E-state index in [9.17, 15) is 4.79 Å². The topological polar surface area (TPSA) is 55.6 Å². The van der Waals surface area contributed by atoms with Crippen molar-refractivity contribution in [3.05, 3.63) is 59.0 Å². The monoisotopic (exact) mass is 329 g/mol. The second-order valence-electron chi connectivity index (χ2n) is 5.02. The Kier molecular flexibility index (Phi) is 4.21. The number of fused-ring (bicyclic) bond motifs is 1. The van der Waals surface area contributed by atoms with Gasteiger partial charge in [0.2, 0.25) is 0 Å². The number of aromatic nitrogens is 2. The number of carbonyl (C=O) groups excluding carboxylic acids is 1. The summed E-state index contributed by atoms with van der Waals surface area (Å²) < 4.78 is 6.83. The Morgan fingerprint density at radius 1 is 1.26 bits per heavy atom. The molecule has 0 fully saturated rings. The van der Waals surface area contributed by atoms with Gasteiger partial charge in [-0.1, -0.05) is 18.5 Å². The van der Waals surface area contributed by atoms with Crippen LogP contribution in [0.2, 0.25) is 5.02 Å². The highest BCUT2D eigenvalue weighted by atomic mass is 35.5. The molecule has 0 atom stereocenters. The van der Waals surface area contributed by atoms with Gasteiger partial charge < -0.3 is 10.1 Å². The minimum absolute atomic E-state index is 0.221. The van der Waals surface area contributed by atoms with Crippen LogP contribution >= 0.6 is 11.6 Å². The third-order valence-electron chi connectivity index (χ3n) is 3.55. The number of nitrogens with zero attached hydrogens (tertiary/aromatic N) is 2. The number of anilines is 1. The van der Waals surface area contributed by atoms with Gasteiger partial charge >= 0.3 is 0 Å². The molecular formula is C17H16ClN3O2. The van der Waals surface area contributed by atoms with Gasteiger partial charge in [-0.2, -0.15) is 0 Å². The molecule has 118 valence electrons. The zero-order valence-corrected chi connectivity index (χ0v) is 13.6. The summed E-state index contributed by atoms with van der Waals surface area (Å²) in [5.41, 5.74) is 2.63.